The Kier molecular flexibility index (Phi) is 10.5. The number of unbranched alkanes of at least 4 members (excludes halogenated alkanes) is 8. The van der Waals surface area contributed by atoms with Crippen LogP contribution in [0, 0.1) is 0 Å². The fourth-order valence-corrected chi connectivity index (χ4v) is 1.77. The third-order valence-corrected chi connectivity index (χ3v) is 2.87. The number of aliphatic hydroxyl groups is 1. The van der Waals surface area contributed by atoms with E-state index in [0.717, 1.165) is 12.8 Å². The predicted molar refractivity (Wildman–Crippen MR) is 65.5 cm³/mol. The zero-order valence-corrected chi connectivity index (χ0v) is 10.5. The maximum Gasteiger partial charge on any atom is 0.332 e. The van der Waals surface area contributed by atoms with Crippen molar-refractivity contribution in [3.05, 3.63) is 0 Å². The first-order valence-corrected chi connectivity index (χ1v) is 6.59. The summed E-state index contributed by atoms with van der Waals surface area (Å²) in [4.78, 5) is 10.3. The summed E-state index contributed by atoms with van der Waals surface area (Å²) in [6, 6.07) is 0. The largest absolute Gasteiger partial charge is 0.479 e. The lowest BCUT2D eigenvalue weighted by Crippen LogP contribution is -2.18. The van der Waals surface area contributed by atoms with Crippen molar-refractivity contribution in [3.63, 3.8) is 0 Å². The van der Waals surface area contributed by atoms with Gasteiger partial charge in [0.15, 0.2) is 6.10 Å². The van der Waals surface area contributed by atoms with E-state index in [-0.39, 0.29) is 0 Å². The van der Waals surface area contributed by atoms with Gasteiger partial charge in [-0.2, -0.15) is 0 Å². The van der Waals surface area contributed by atoms with Gasteiger partial charge in [-0.1, -0.05) is 64.7 Å². The standard InChI is InChI=1S/C13H26O3/c1-2-3-4-5-6-7-8-9-10-11-12(14)13(15)16/h12,14H,2-11H2,1H3,(H,15,16)/t12-/m0/s1. The molecule has 0 aliphatic heterocycles. The van der Waals surface area contributed by atoms with Crippen molar-refractivity contribution >= 4 is 5.97 Å². The van der Waals surface area contributed by atoms with Crippen LogP contribution < -0.4 is 0 Å². The van der Waals surface area contributed by atoms with Crippen LogP contribution in [0.5, 0.6) is 0 Å². The molecule has 16 heavy (non-hydrogen) atoms. The van der Waals surface area contributed by atoms with Crippen LogP contribution in [-0.2, 0) is 4.79 Å². The molecule has 96 valence electrons. The molecule has 2 N–H and O–H groups in total. The molecule has 0 aromatic carbocycles. The molecular weight excluding hydrogens is 204 g/mol. The average molecular weight is 230 g/mol. The minimum absolute atomic E-state index is 0.394. The van der Waals surface area contributed by atoms with E-state index < -0.39 is 12.1 Å². The molecule has 0 aliphatic carbocycles. The van der Waals surface area contributed by atoms with Gasteiger partial charge in [0.25, 0.3) is 0 Å². The summed E-state index contributed by atoms with van der Waals surface area (Å²) in [5.41, 5.74) is 0. The van der Waals surface area contributed by atoms with Crippen molar-refractivity contribution in [1.29, 1.82) is 0 Å². The van der Waals surface area contributed by atoms with Gasteiger partial charge in [-0.25, -0.2) is 4.79 Å². The zero-order chi connectivity index (χ0) is 12.2. The number of carboxylic acid groups (broad SMARTS) is 1. The Morgan fingerprint density at radius 1 is 0.938 bits per heavy atom. The SMILES string of the molecule is CCCCCCCCCCC[C@H](O)C(=O)O. The summed E-state index contributed by atoms with van der Waals surface area (Å²) >= 11 is 0. The monoisotopic (exact) mass is 230 g/mol. The van der Waals surface area contributed by atoms with Crippen molar-refractivity contribution in [2.45, 2.75) is 77.2 Å². The third kappa shape index (κ3) is 9.97. The summed E-state index contributed by atoms with van der Waals surface area (Å²) in [7, 11) is 0. The van der Waals surface area contributed by atoms with Gasteiger partial charge < -0.3 is 10.2 Å². The highest BCUT2D eigenvalue weighted by Crippen LogP contribution is 2.11. The normalized spacial score (nSPS) is 12.6. The van der Waals surface area contributed by atoms with Crippen LogP contribution >= 0.6 is 0 Å². The molecule has 0 aromatic heterocycles. The van der Waals surface area contributed by atoms with Gasteiger partial charge in [-0.15, -0.1) is 0 Å². The van der Waals surface area contributed by atoms with Crippen LogP contribution in [0.4, 0.5) is 0 Å². The van der Waals surface area contributed by atoms with Gasteiger partial charge in [-0.3, -0.25) is 0 Å². The number of carboxylic acids is 1. The van der Waals surface area contributed by atoms with E-state index in [2.05, 4.69) is 6.92 Å². The Labute approximate surface area is 98.9 Å². The van der Waals surface area contributed by atoms with Gasteiger partial charge in [0.05, 0.1) is 0 Å². The second-order valence-electron chi connectivity index (χ2n) is 4.47. The second-order valence-corrected chi connectivity index (χ2v) is 4.47. The quantitative estimate of drug-likeness (QED) is 0.535. The smallest absolute Gasteiger partial charge is 0.332 e. The summed E-state index contributed by atoms with van der Waals surface area (Å²) in [6.07, 6.45) is 10.1. The van der Waals surface area contributed by atoms with Crippen LogP contribution in [0.2, 0.25) is 0 Å². The van der Waals surface area contributed by atoms with Crippen LogP contribution in [-0.4, -0.2) is 22.3 Å². The first-order chi connectivity index (χ1) is 7.68. The molecule has 0 rings (SSSR count). The molecule has 1 atom stereocenters. The highest BCUT2D eigenvalue weighted by Gasteiger charge is 2.11. The van der Waals surface area contributed by atoms with E-state index in [1.165, 1.54) is 44.9 Å². The van der Waals surface area contributed by atoms with Crippen LogP contribution in [0.25, 0.3) is 0 Å². The Balaban J connectivity index is 3.07. The predicted octanol–water partition coefficient (Wildman–Crippen LogP) is 3.35. The number of carbonyl (C=O) groups is 1. The second kappa shape index (κ2) is 10.9. The maximum atomic E-state index is 10.3. The lowest BCUT2D eigenvalue weighted by atomic mass is 10.1. The summed E-state index contributed by atoms with van der Waals surface area (Å²) in [5.74, 6) is -1.10. The van der Waals surface area contributed by atoms with Gasteiger partial charge in [0, 0.05) is 0 Å². The summed E-state index contributed by atoms with van der Waals surface area (Å²) in [6.45, 7) is 2.22. The number of aliphatic carboxylic acids is 1. The molecule has 0 bridgehead atoms. The van der Waals surface area contributed by atoms with Gasteiger partial charge in [-0.05, 0) is 6.42 Å². The molecule has 0 heterocycles. The first kappa shape index (κ1) is 15.4. The van der Waals surface area contributed by atoms with E-state index in [1.807, 2.05) is 0 Å². The van der Waals surface area contributed by atoms with Gasteiger partial charge in [0.2, 0.25) is 0 Å². The van der Waals surface area contributed by atoms with Crippen LogP contribution in [0.1, 0.15) is 71.1 Å². The molecule has 0 fully saturated rings. The molecule has 0 unspecified atom stereocenters. The van der Waals surface area contributed by atoms with Gasteiger partial charge >= 0.3 is 5.97 Å². The third-order valence-electron chi connectivity index (χ3n) is 2.87. The van der Waals surface area contributed by atoms with Crippen molar-refractivity contribution in [2.24, 2.45) is 0 Å². The molecule has 0 radical (unpaired) electrons. The molecule has 0 saturated heterocycles. The number of hydrogen-bond acceptors (Lipinski definition) is 2. The fraction of sp³-hybridized carbons (Fsp3) is 0.923. The topological polar surface area (TPSA) is 57.5 Å². The minimum Gasteiger partial charge on any atom is -0.479 e. The molecule has 0 aromatic rings. The van der Waals surface area contributed by atoms with Crippen LogP contribution in [0.3, 0.4) is 0 Å². The molecule has 3 nitrogen and oxygen atoms in total. The lowest BCUT2D eigenvalue weighted by Gasteiger charge is -2.04. The lowest BCUT2D eigenvalue weighted by molar-refractivity contribution is -0.146. The minimum atomic E-state index is -1.16. The fourth-order valence-electron chi connectivity index (χ4n) is 1.77. The van der Waals surface area contributed by atoms with Gasteiger partial charge in [0.1, 0.15) is 0 Å². The highest BCUT2D eigenvalue weighted by molar-refractivity contribution is 5.71. The Bertz CT molecular complexity index is 169. The van der Waals surface area contributed by atoms with Crippen LogP contribution in [0.15, 0.2) is 0 Å². The zero-order valence-electron chi connectivity index (χ0n) is 10.5. The van der Waals surface area contributed by atoms with E-state index in [4.69, 9.17) is 10.2 Å². The number of rotatable bonds is 11. The highest BCUT2D eigenvalue weighted by atomic mass is 16.4. The van der Waals surface area contributed by atoms with E-state index in [0.29, 0.717) is 6.42 Å². The van der Waals surface area contributed by atoms with E-state index in [1.54, 1.807) is 0 Å². The molecule has 0 saturated carbocycles. The molecule has 0 amide bonds. The first-order valence-electron chi connectivity index (χ1n) is 6.59. The summed E-state index contributed by atoms with van der Waals surface area (Å²) in [5, 5.41) is 17.5. The van der Waals surface area contributed by atoms with Crippen molar-refractivity contribution in [3.8, 4) is 0 Å². The number of aliphatic hydroxyl groups excluding tert-OH is 1. The van der Waals surface area contributed by atoms with Crippen molar-refractivity contribution < 1.29 is 15.0 Å². The number of hydrogen-bond donors (Lipinski definition) is 2. The van der Waals surface area contributed by atoms with E-state index in [9.17, 15) is 4.79 Å². The van der Waals surface area contributed by atoms with Crippen molar-refractivity contribution in [2.75, 3.05) is 0 Å². The molecule has 0 aliphatic rings. The average Bonchev–Trinajstić information content (AvgIpc) is 2.26. The molecular formula is C13H26O3. The summed E-state index contributed by atoms with van der Waals surface area (Å²) < 4.78 is 0. The van der Waals surface area contributed by atoms with E-state index >= 15 is 0 Å². The molecule has 0 spiro atoms. The Morgan fingerprint density at radius 2 is 1.38 bits per heavy atom. The van der Waals surface area contributed by atoms with Crippen molar-refractivity contribution in [1.82, 2.24) is 0 Å². The Hall–Kier alpha value is -0.570. The molecule has 3 heteroatoms. The maximum absolute atomic E-state index is 10.3. The Morgan fingerprint density at radius 3 is 1.81 bits per heavy atom.